The molecule has 1 aliphatic rings. The Morgan fingerprint density at radius 1 is 1.16 bits per heavy atom. The van der Waals surface area contributed by atoms with Crippen molar-refractivity contribution in [2.45, 2.75) is 32.7 Å². The van der Waals surface area contributed by atoms with E-state index in [1.807, 2.05) is 6.20 Å². The quantitative estimate of drug-likeness (QED) is 0.839. The van der Waals surface area contributed by atoms with Crippen molar-refractivity contribution >= 4 is 10.9 Å². The van der Waals surface area contributed by atoms with Gasteiger partial charge in [0.1, 0.15) is 0 Å². The number of aryl methyl sites for hydroxylation is 1. The fraction of sp³-hybridized carbons (Fsp3) is 0.562. The highest BCUT2D eigenvalue weighted by molar-refractivity contribution is 5.78. The zero-order chi connectivity index (χ0) is 13.1. The van der Waals surface area contributed by atoms with Crippen molar-refractivity contribution in [1.82, 2.24) is 14.7 Å². The number of aromatic nitrogens is 2. The van der Waals surface area contributed by atoms with Gasteiger partial charge in [0, 0.05) is 11.9 Å². The van der Waals surface area contributed by atoms with Gasteiger partial charge < -0.3 is 4.90 Å². The molecular formula is C16H23N3. The lowest BCUT2D eigenvalue weighted by atomic mass is 9.99. The van der Waals surface area contributed by atoms with Crippen LogP contribution in [-0.2, 0) is 6.54 Å². The number of para-hydroxylation sites is 1. The van der Waals surface area contributed by atoms with Crippen molar-refractivity contribution in [3.05, 3.63) is 30.5 Å². The summed E-state index contributed by atoms with van der Waals surface area (Å²) in [6.45, 7) is 7.16. The predicted molar refractivity (Wildman–Crippen MR) is 79.2 cm³/mol. The lowest BCUT2D eigenvalue weighted by Gasteiger charge is -2.30. The maximum atomic E-state index is 4.49. The van der Waals surface area contributed by atoms with Gasteiger partial charge in [0.05, 0.1) is 11.7 Å². The molecule has 1 fully saturated rings. The summed E-state index contributed by atoms with van der Waals surface area (Å²) in [4.78, 5) is 2.60. The molecule has 0 aliphatic carbocycles. The van der Waals surface area contributed by atoms with Crippen LogP contribution >= 0.6 is 0 Å². The van der Waals surface area contributed by atoms with E-state index in [9.17, 15) is 0 Å². The van der Waals surface area contributed by atoms with Crippen molar-refractivity contribution < 1.29 is 0 Å². The molecule has 0 bridgehead atoms. The van der Waals surface area contributed by atoms with Gasteiger partial charge in [-0.15, -0.1) is 0 Å². The molecule has 3 rings (SSSR count). The van der Waals surface area contributed by atoms with Gasteiger partial charge >= 0.3 is 0 Å². The Morgan fingerprint density at radius 3 is 2.79 bits per heavy atom. The summed E-state index contributed by atoms with van der Waals surface area (Å²) in [6, 6.07) is 8.45. The molecule has 1 aromatic heterocycles. The lowest BCUT2D eigenvalue weighted by Crippen LogP contribution is -2.34. The van der Waals surface area contributed by atoms with Gasteiger partial charge in [0.2, 0.25) is 0 Å². The van der Waals surface area contributed by atoms with Crippen LogP contribution in [0.5, 0.6) is 0 Å². The number of hydrogen-bond donors (Lipinski definition) is 0. The normalized spacial score (nSPS) is 18.2. The number of nitrogens with zero attached hydrogens (tertiary/aromatic N) is 3. The molecule has 1 saturated heterocycles. The first-order valence-corrected chi connectivity index (χ1v) is 7.46. The molecule has 2 heterocycles. The smallest absolute Gasteiger partial charge is 0.0682 e. The third kappa shape index (κ3) is 2.98. The van der Waals surface area contributed by atoms with Crippen LogP contribution in [0, 0.1) is 5.92 Å². The molecule has 102 valence electrons. The Kier molecular flexibility index (Phi) is 3.83. The molecule has 2 aromatic rings. The minimum atomic E-state index is 0.923. The van der Waals surface area contributed by atoms with Crippen LogP contribution in [0.15, 0.2) is 30.5 Å². The summed E-state index contributed by atoms with van der Waals surface area (Å²) in [7, 11) is 0. The minimum absolute atomic E-state index is 0.923. The van der Waals surface area contributed by atoms with Gasteiger partial charge in [0.15, 0.2) is 0 Å². The van der Waals surface area contributed by atoms with Crippen molar-refractivity contribution in [2.75, 3.05) is 19.6 Å². The van der Waals surface area contributed by atoms with Crippen molar-refractivity contribution in [3.63, 3.8) is 0 Å². The monoisotopic (exact) mass is 257 g/mol. The number of fused-ring (bicyclic) bond motifs is 1. The first-order valence-electron chi connectivity index (χ1n) is 7.46. The Balaban J connectivity index is 1.52. The van der Waals surface area contributed by atoms with Gasteiger partial charge in [-0.05, 0) is 50.9 Å². The molecule has 3 nitrogen and oxygen atoms in total. The highest BCUT2D eigenvalue weighted by Gasteiger charge is 2.14. The van der Waals surface area contributed by atoms with Crippen LogP contribution in [0.1, 0.15) is 26.2 Å². The highest BCUT2D eigenvalue weighted by atomic mass is 15.3. The van der Waals surface area contributed by atoms with E-state index >= 15 is 0 Å². The molecule has 3 heteroatoms. The second kappa shape index (κ2) is 5.74. The average molecular weight is 257 g/mol. The lowest BCUT2D eigenvalue weighted by molar-refractivity contribution is 0.188. The summed E-state index contributed by atoms with van der Waals surface area (Å²) in [5.41, 5.74) is 1.26. The molecule has 0 atom stereocenters. The van der Waals surface area contributed by atoms with Crippen LogP contribution in [0.3, 0.4) is 0 Å². The van der Waals surface area contributed by atoms with E-state index in [1.54, 1.807) is 0 Å². The zero-order valence-electron chi connectivity index (χ0n) is 11.8. The van der Waals surface area contributed by atoms with Crippen LogP contribution in [-0.4, -0.2) is 34.3 Å². The number of benzene rings is 1. The van der Waals surface area contributed by atoms with Crippen molar-refractivity contribution in [2.24, 2.45) is 5.92 Å². The van der Waals surface area contributed by atoms with E-state index in [4.69, 9.17) is 0 Å². The average Bonchev–Trinajstić information content (AvgIpc) is 2.85. The Labute approximate surface area is 115 Å². The summed E-state index contributed by atoms with van der Waals surface area (Å²) >= 11 is 0. The second-order valence-electron chi connectivity index (χ2n) is 5.80. The van der Waals surface area contributed by atoms with Gasteiger partial charge in [-0.25, -0.2) is 0 Å². The van der Waals surface area contributed by atoms with Crippen LogP contribution < -0.4 is 0 Å². The Morgan fingerprint density at radius 2 is 1.95 bits per heavy atom. The minimum Gasteiger partial charge on any atom is -0.303 e. The maximum absolute atomic E-state index is 4.49. The number of hydrogen-bond acceptors (Lipinski definition) is 2. The van der Waals surface area contributed by atoms with Crippen molar-refractivity contribution in [3.8, 4) is 0 Å². The first kappa shape index (κ1) is 12.7. The largest absolute Gasteiger partial charge is 0.303 e. The van der Waals surface area contributed by atoms with E-state index in [0.717, 1.165) is 12.5 Å². The van der Waals surface area contributed by atoms with E-state index in [1.165, 1.54) is 49.8 Å². The Bertz CT molecular complexity index is 524. The van der Waals surface area contributed by atoms with Crippen LogP contribution in [0.2, 0.25) is 0 Å². The molecular weight excluding hydrogens is 234 g/mol. The highest BCUT2D eigenvalue weighted by Crippen LogP contribution is 2.17. The van der Waals surface area contributed by atoms with E-state index < -0.39 is 0 Å². The third-order valence-corrected chi connectivity index (χ3v) is 4.27. The van der Waals surface area contributed by atoms with Crippen molar-refractivity contribution in [1.29, 1.82) is 0 Å². The standard InChI is InChI=1S/C16H23N3/c1-14-7-11-18(12-8-14)9-4-10-19-16-6-3-2-5-15(16)13-17-19/h2-3,5-6,13-14H,4,7-12H2,1H3. The van der Waals surface area contributed by atoms with Gasteiger partial charge in [-0.1, -0.05) is 25.1 Å². The molecule has 19 heavy (non-hydrogen) atoms. The van der Waals surface area contributed by atoms with Crippen LogP contribution in [0.25, 0.3) is 10.9 Å². The summed E-state index contributed by atoms with van der Waals surface area (Å²) in [6.07, 6.45) is 5.90. The van der Waals surface area contributed by atoms with Gasteiger partial charge in [0.25, 0.3) is 0 Å². The molecule has 0 spiro atoms. The van der Waals surface area contributed by atoms with E-state index in [2.05, 4.69) is 45.9 Å². The maximum Gasteiger partial charge on any atom is 0.0682 e. The van der Waals surface area contributed by atoms with Gasteiger partial charge in [-0.3, -0.25) is 4.68 Å². The number of rotatable bonds is 4. The molecule has 0 unspecified atom stereocenters. The SMILES string of the molecule is CC1CCN(CCCn2ncc3ccccc32)CC1. The molecule has 1 aromatic carbocycles. The van der Waals surface area contributed by atoms with E-state index in [0.29, 0.717) is 0 Å². The molecule has 0 amide bonds. The third-order valence-electron chi connectivity index (χ3n) is 4.27. The fourth-order valence-corrected chi connectivity index (χ4v) is 2.93. The molecule has 0 saturated carbocycles. The summed E-state index contributed by atoms with van der Waals surface area (Å²) in [5.74, 6) is 0.923. The van der Waals surface area contributed by atoms with Crippen LogP contribution in [0.4, 0.5) is 0 Å². The molecule has 1 aliphatic heterocycles. The fourth-order valence-electron chi connectivity index (χ4n) is 2.93. The molecule has 0 radical (unpaired) electrons. The number of likely N-dealkylation sites (tertiary alicyclic amines) is 1. The predicted octanol–water partition coefficient (Wildman–Crippen LogP) is 3.16. The summed E-state index contributed by atoms with van der Waals surface area (Å²) < 4.78 is 2.14. The number of piperidine rings is 1. The Hall–Kier alpha value is -1.35. The van der Waals surface area contributed by atoms with E-state index in [-0.39, 0.29) is 0 Å². The topological polar surface area (TPSA) is 21.1 Å². The summed E-state index contributed by atoms with van der Waals surface area (Å²) in [5, 5.41) is 5.73. The van der Waals surface area contributed by atoms with Gasteiger partial charge in [-0.2, -0.15) is 5.10 Å². The molecule has 0 N–H and O–H groups in total. The first-order chi connectivity index (χ1) is 9.33. The zero-order valence-corrected chi connectivity index (χ0v) is 11.8. The second-order valence-corrected chi connectivity index (χ2v) is 5.80.